The Labute approximate surface area is 80.6 Å². The zero-order chi connectivity index (χ0) is 10.5. The van der Waals surface area contributed by atoms with Crippen molar-refractivity contribution >= 4 is 11.9 Å². The van der Waals surface area contributed by atoms with Gasteiger partial charge in [0.15, 0.2) is 0 Å². The van der Waals surface area contributed by atoms with Crippen molar-refractivity contribution in [2.75, 3.05) is 0 Å². The first-order chi connectivity index (χ1) is 6.54. The highest BCUT2D eigenvalue weighted by Crippen LogP contribution is 2.39. The van der Waals surface area contributed by atoms with Gasteiger partial charge in [0.25, 0.3) is 0 Å². The molecule has 2 aliphatic rings. The summed E-state index contributed by atoms with van der Waals surface area (Å²) in [6.45, 7) is 1.55. The molecular formula is C9H11NO4. The molecule has 0 saturated carbocycles. The molecular weight excluding hydrogens is 186 g/mol. The minimum Gasteiger partial charge on any atom is -0.477 e. The fourth-order valence-corrected chi connectivity index (χ4v) is 2.17. The molecule has 2 heterocycles. The predicted octanol–water partition coefficient (Wildman–Crippen LogP) is -0.434. The highest BCUT2D eigenvalue weighted by molar-refractivity contribution is 5.98. The molecule has 0 radical (unpaired) electrons. The quantitative estimate of drug-likeness (QED) is 0.588. The van der Waals surface area contributed by atoms with Gasteiger partial charge < -0.3 is 15.1 Å². The van der Waals surface area contributed by atoms with E-state index in [2.05, 4.69) is 0 Å². The van der Waals surface area contributed by atoms with Gasteiger partial charge in [-0.25, -0.2) is 4.79 Å². The molecule has 76 valence electrons. The lowest BCUT2D eigenvalue weighted by atomic mass is 9.83. The lowest BCUT2D eigenvalue weighted by molar-refractivity contribution is -0.161. The van der Waals surface area contributed by atoms with Gasteiger partial charge in [0.1, 0.15) is 5.70 Å². The minimum atomic E-state index is -1.08. The number of carbonyl (C=O) groups excluding carboxylic acids is 1. The molecule has 1 amide bonds. The number of carbonyl (C=O) groups is 2. The first-order valence-corrected chi connectivity index (χ1v) is 4.48. The maximum atomic E-state index is 11.5. The third-order valence-electron chi connectivity index (χ3n) is 2.82. The number of amides is 1. The second-order valence-corrected chi connectivity index (χ2v) is 3.67. The van der Waals surface area contributed by atoms with Crippen LogP contribution in [0.4, 0.5) is 0 Å². The summed E-state index contributed by atoms with van der Waals surface area (Å²) >= 11 is 0. The lowest BCUT2D eigenvalue weighted by Gasteiger charge is -2.44. The Bertz CT molecular complexity index is 334. The van der Waals surface area contributed by atoms with Crippen molar-refractivity contribution in [2.24, 2.45) is 5.92 Å². The summed E-state index contributed by atoms with van der Waals surface area (Å²) in [6.07, 6.45) is 1.36. The second-order valence-electron chi connectivity index (χ2n) is 3.67. The van der Waals surface area contributed by atoms with E-state index in [1.807, 2.05) is 0 Å². The topological polar surface area (TPSA) is 77.8 Å². The molecule has 2 rings (SSSR count). The summed E-state index contributed by atoms with van der Waals surface area (Å²) < 4.78 is 0. The Balaban J connectivity index is 2.17. The number of aliphatic carboxylic acids is 1. The van der Waals surface area contributed by atoms with Crippen LogP contribution in [-0.2, 0) is 9.59 Å². The van der Waals surface area contributed by atoms with Crippen LogP contribution in [0.25, 0.3) is 0 Å². The Morgan fingerprint density at radius 3 is 2.86 bits per heavy atom. The van der Waals surface area contributed by atoms with Crippen LogP contribution >= 0.6 is 0 Å². The smallest absolute Gasteiger partial charge is 0.352 e. The van der Waals surface area contributed by atoms with Gasteiger partial charge in [-0.1, -0.05) is 6.08 Å². The van der Waals surface area contributed by atoms with Gasteiger partial charge in [0, 0.05) is 0 Å². The van der Waals surface area contributed by atoms with Crippen molar-refractivity contribution in [3.05, 3.63) is 11.8 Å². The molecule has 0 aromatic heterocycles. The van der Waals surface area contributed by atoms with Crippen LogP contribution in [0, 0.1) is 5.92 Å². The summed E-state index contributed by atoms with van der Waals surface area (Å²) in [5.74, 6) is -1.79. The van der Waals surface area contributed by atoms with Crippen LogP contribution in [0.3, 0.4) is 0 Å². The number of carboxylic acid groups (broad SMARTS) is 1. The van der Waals surface area contributed by atoms with Crippen LogP contribution < -0.4 is 0 Å². The molecule has 1 unspecified atom stereocenters. The highest BCUT2D eigenvalue weighted by Gasteiger charge is 2.54. The third kappa shape index (κ3) is 0.988. The zero-order valence-electron chi connectivity index (χ0n) is 7.67. The largest absolute Gasteiger partial charge is 0.477 e. The average molecular weight is 197 g/mol. The lowest BCUT2D eigenvalue weighted by Crippen LogP contribution is -2.61. The van der Waals surface area contributed by atoms with Crippen molar-refractivity contribution in [3.63, 3.8) is 0 Å². The monoisotopic (exact) mass is 197 g/mol. The van der Waals surface area contributed by atoms with Crippen LogP contribution in [0.1, 0.15) is 13.3 Å². The van der Waals surface area contributed by atoms with E-state index in [1.165, 1.54) is 11.0 Å². The van der Waals surface area contributed by atoms with Gasteiger partial charge in [-0.15, -0.1) is 0 Å². The molecule has 0 bridgehead atoms. The van der Waals surface area contributed by atoms with Crippen LogP contribution in [0.5, 0.6) is 0 Å². The maximum absolute atomic E-state index is 11.5. The Kier molecular flexibility index (Phi) is 1.85. The molecule has 0 aromatic rings. The van der Waals surface area contributed by atoms with Gasteiger partial charge in [-0.2, -0.15) is 0 Å². The Hall–Kier alpha value is -1.36. The van der Waals surface area contributed by atoms with Crippen LogP contribution in [-0.4, -0.2) is 39.1 Å². The standard InChI is InChI=1S/C9H11NO4/c1-4(11)7-5-2-3-6(9(13)14)10(5)8(7)12/h3-5,7,11H,2H2,1H3,(H,13,14)/t4-,5-,7?/m1/s1. The number of fused-ring (bicyclic) bond motifs is 1. The number of aliphatic hydroxyl groups excluding tert-OH is 1. The molecule has 1 saturated heterocycles. The first-order valence-electron chi connectivity index (χ1n) is 4.48. The molecule has 14 heavy (non-hydrogen) atoms. The molecule has 1 fully saturated rings. The number of hydrogen-bond acceptors (Lipinski definition) is 3. The fraction of sp³-hybridized carbons (Fsp3) is 0.556. The number of aliphatic hydroxyl groups is 1. The molecule has 2 aliphatic heterocycles. The summed E-state index contributed by atoms with van der Waals surface area (Å²) in [5.41, 5.74) is 0.0527. The normalized spacial score (nSPS) is 32.0. The third-order valence-corrected chi connectivity index (χ3v) is 2.82. The summed E-state index contributed by atoms with van der Waals surface area (Å²) in [5, 5.41) is 18.0. The number of rotatable bonds is 2. The van der Waals surface area contributed by atoms with E-state index < -0.39 is 18.0 Å². The number of hydrogen-bond donors (Lipinski definition) is 2. The SMILES string of the molecule is C[C@@H](O)C1C(=O)N2C(C(=O)O)=CC[C@H]12. The van der Waals surface area contributed by atoms with Crippen molar-refractivity contribution in [2.45, 2.75) is 25.5 Å². The van der Waals surface area contributed by atoms with E-state index in [4.69, 9.17) is 5.11 Å². The fourth-order valence-electron chi connectivity index (χ4n) is 2.17. The van der Waals surface area contributed by atoms with Crippen LogP contribution in [0.2, 0.25) is 0 Å². The van der Waals surface area contributed by atoms with Gasteiger partial charge in [-0.3, -0.25) is 4.79 Å². The molecule has 5 nitrogen and oxygen atoms in total. The molecule has 0 spiro atoms. The zero-order valence-corrected chi connectivity index (χ0v) is 7.67. The summed E-state index contributed by atoms with van der Waals surface area (Å²) in [6, 6.07) is -0.145. The van der Waals surface area contributed by atoms with Crippen molar-refractivity contribution in [1.82, 2.24) is 4.90 Å². The second kappa shape index (κ2) is 2.81. The summed E-state index contributed by atoms with van der Waals surface area (Å²) in [7, 11) is 0. The number of β-lactam (4-membered cyclic amide) rings is 1. The maximum Gasteiger partial charge on any atom is 0.352 e. The van der Waals surface area contributed by atoms with Gasteiger partial charge in [0.05, 0.1) is 18.1 Å². The molecule has 3 atom stereocenters. The highest BCUT2D eigenvalue weighted by atomic mass is 16.4. The molecule has 0 aliphatic carbocycles. The Morgan fingerprint density at radius 1 is 1.71 bits per heavy atom. The molecule has 5 heteroatoms. The van der Waals surface area contributed by atoms with Gasteiger partial charge in [0.2, 0.25) is 5.91 Å². The minimum absolute atomic E-state index is 0.0527. The summed E-state index contributed by atoms with van der Waals surface area (Å²) in [4.78, 5) is 23.4. The van der Waals surface area contributed by atoms with Gasteiger partial charge in [-0.05, 0) is 13.3 Å². The molecule has 0 aromatic carbocycles. The molecule has 2 N–H and O–H groups in total. The van der Waals surface area contributed by atoms with Gasteiger partial charge >= 0.3 is 5.97 Å². The van der Waals surface area contributed by atoms with E-state index >= 15 is 0 Å². The number of nitrogens with zero attached hydrogens (tertiary/aromatic N) is 1. The van der Waals surface area contributed by atoms with E-state index in [-0.39, 0.29) is 17.6 Å². The van der Waals surface area contributed by atoms with E-state index in [0.717, 1.165) is 0 Å². The van der Waals surface area contributed by atoms with Crippen molar-refractivity contribution in [3.8, 4) is 0 Å². The van der Waals surface area contributed by atoms with E-state index in [9.17, 15) is 14.7 Å². The number of carboxylic acids is 1. The first kappa shape index (κ1) is 9.21. The predicted molar refractivity (Wildman–Crippen MR) is 46.1 cm³/mol. The van der Waals surface area contributed by atoms with Crippen molar-refractivity contribution in [1.29, 1.82) is 0 Å². The van der Waals surface area contributed by atoms with E-state index in [1.54, 1.807) is 6.92 Å². The van der Waals surface area contributed by atoms with E-state index in [0.29, 0.717) is 6.42 Å². The van der Waals surface area contributed by atoms with Crippen LogP contribution in [0.15, 0.2) is 11.8 Å². The Morgan fingerprint density at radius 2 is 2.36 bits per heavy atom. The average Bonchev–Trinajstić information content (AvgIpc) is 2.42. The van der Waals surface area contributed by atoms with Crippen molar-refractivity contribution < 1.29 is 19.8 Å².